The molecule has 1 saturated heterocycles. The van der Waals surface area contributed by atoms with Crippen LogP contribution in [0.15, 0.2) is 76.6 Å². The molecule has 4 aromatic rings. The van der Waals surface area contributed by atoms with Crippen LogP contribution in [0.4, 0.5) is 23.0 Å². The molecule has 0 spiro atoms. The van der Waals surface area contributed by atoms with Crippen LogP contribution >= 0.6 is 11.9 Å². The van der Waals surface area contributed by atoms with Crippen LogP contribution in [0.25, 0.3) is 10.8 Å². The number of hydrogen-bond acceptors (Lipinski definition) is 8. The maximum atomic E-state index is 12.7. The van der Waals surface area contributed by atoms with Gasteiger partial charge in [-0.05, 0) is 98.8 Å². The molecule has 0 radical (unpaired) electrons. The van der Waals surface area contributed by atoms with E-state index in [0.717, 1.165) is 34.0 Å². The second kappa shape index (κ2) is 11.5. The third-order valence-corrected chi connectivity index (χ3v) is 6.89. The highest BCUT2D eigenvalue weighted by molar-refractivity contribution is 7.97. The molecule has 4 N–H and O–H groups in total. The Balaban J connectivity index is 1.36. The molecule has 1 fully saturated rings. The van der Waals surface area contributed by atoms with E-state index in [9.17, 15) is 4.79 Å². The summed E-state index contributed by atoms with van der Waals surface area (Å²) in [6.07, 6.45) is 4.21. The Morgan fingerprint density at radius 1 is 1.06 bits per heavy atom. The summed E-state index contributed by atoms with van der Waals surface area (Å²) in [4.78, 5) is 23.7. The molecule has 2 aromatic heterocycles. The molecule has 5 rings (SSSR count). The lowest BCUT2D eigenvalue weighted by molar-refractivity contribution is 0.238. The molecule has 3 heterocycles. The first-order valence-electron chi connectivity index (χ1n) is 12.1. The predicted molar refractivity (Wildman–Crippen MR) is 148 cm³/mol. The van der Waals surface area contributed by atoms with Crippen LogP contribution in [0.5, 0.6) is 5.75 Å². The second-order valence-corrected chi connectivity index (χ2v) is 9.65. The van der Waals surface area contributed by atoms with Crippen molar-refractivity contribution in [1.29, 1.82) is 0 Å². The minimum atomic E-state index is -0.193. The van der Waals surface area contributed by atoms with Gasteiger partial charge < -0.3 is 20.4 Å². The fourth-order valence-electron chi connectivity index (χ4n) is 4.35. The van der Waals surface area contributed by atoms with E-state index in [1.54, 1.807) is 6.20 Å². The lowest BCUT2D eigenvalue weighted by atomic mass is 10.2. The monoisotopic (exact) mass is 502 g/mol. The van der Waals surface area contributed by atoms with Crippen molar-refractivity contribution in [2.75, 3.05) is 43.9 Å². The average Bonchev–Trinajstić information content (AvgIpc) is 3.40. The Bertz CT molecular complexity index is 1370. The highest BCUT2D eigenvalue weighted by Crippen LogP contribution is 2.30. The van der Waals surface area contributed by atoms with Crippen molar-refractivity contribution >= 4 is 45.7 Å². The number of benzene rings is 2. The molecule has 186 valence electrons. The van der Waals surface area contributed by atoms with Crippen molar-refractivity contribution in [2.45, 2.75) is 17.7 Å². The minimum Gasteiger partial charge on any atom is -0.492 e. The van der Waals surface area contributed by atoms with Gasteiger partial charge >= 0.3 is 0 Å². The number of nitrogens with zero attached hydrogens (tertiary/aromatic N) is 2. The van der Waals surface area contributed by atoms with Crippen molar-refractivity contribution in [1.82, 2.24) is 19.6 Å². The van der Waals surface area contributed by atoms with E-state index in [2.05, 4.69) is 25.2 Å². The van der Waals surface area contributed by atoms with Gasteiger partial charge in [-0.15, -0.1) is 0 Å². The molecule has 9 heteroatoms. The van der Waals surface area contributed by atoms with Gasteiger partial charge in [-0.3, -0.25) is 14.4 Å². The normalized spacial score (nSPS) is 13.7. The molecule has 0 bridgehead atoms. The first-order chi connectivity index (χ1) is 17.7. The van der Waals surface area contributed by atoms with Crippen LogP contribution in [0.2, 0.25) is 0 Å². The smallest absolute Gasteiger partial charge is 0.259 e. The van der Waals surface area contributed by atoms with Crippen molar-refractivity contribution in [3.63, 3.8) is 0 Å². The third-order valence-electron chi connectivity index (χ3n) is 6.11. The van der Waals surface area contributed by atoms with Gasteiger partial charge in [-0.1, -0.05) is 12.1 Å². The van der Waals surface area contributed by atoms with E-state index < -0.39 is 0 Å². The molecule has 36 heavy (non-hydrogen) atoms. The van der Waals surface area contributed by atoms with Gasteiger partial charge in [-0.25, -0.2) is 4.98 Å². The van der Waals surface area contributed by atoms with Gasteiger partial charge in [0, 0.05) is 23.3 Å². The molecule has 0 atom stereocenters. The molecule has 1 aliphatic rings. The number of aromatic amines is 1. The molecule has 0 saturated carbocycles. The molecular formula is C27H30N6O2S. The molecular weight excluding hydrogens is 472 g/mol. The largest absolute Gasteiger partial charge is 0.492 e. The van der Waals surface area contributed by atoms with Crippen molar-refractivity contribution in [3.8, 4) is 5.75 Å². The van der Waals surface area contributed by atoms with Crippen LogP contribution in [0.3, 0.4) is 0 Å². The first kappa shape index (κ1) is 24.2. The summed E-state index contributed by atoms with van der Waals surface area (Å²) in [5.74, 6) is 1.95. The first-order valence-corrected chi connectivity index (χ1v) is 13.0. The van der Waals surface area contributed by atoms with Gasteiger partial charge in [0.1, 0.15) is 24.0 Å². The number of fused-ring (bicyclic) bond motifs is 1. The van der Waals surface area contributed by atoms with Gasteiger partial charge in [-0.2, -0.15) is 0 Å². The number of para-hydroxylation sites is 1. The fraction of sp³-hybridized carbons (Fsp3) is 0.259. The number of aromatic nitrogens is 2. The molecule has 0 aliphatic carbocycles. The van der Waals surface area contributed by atoms with Crippen LogP contribution in [-0.2, 0) is 0 Å². The van der Waals surface area contributed by atoms with Crippen LogP contribution in [0.1, 0.15) is 12.8 Å². The summed E-state index contributed by atoms with van der Waals surface area (Å²) in [5, 5.41) is 8.03. The highest BCUT2D eigenvalue weighted by Gasteiger charge is 2.13. The van der Waals surface area contributed by atoms with Crippen molar-refractivity contribution in [3.05, 3.63) is 77.2 Å². The number of likely N-dealkylation sites (tertiary alicyclic amines) is 1. The van der Waals surface area contributed by atoms with Crippen molar-refractivity contribution in [2.24, 2.45) is 0 Å². The van der Waals surface area contributed by atoms with E-state index in [1.165, 1.54) is 37.9 Å². The Hall–Kier alpha value is -3.53. The van der Waals surface area contributed by atoms with E-state index in [0.29, 0.717) is 23.6 Å². The van der Waals surface area contributed by atoms with Crippen LogP contribution in [0, 0.1) is 0 Å². The third kappa shape index (κ3) is 5.81. The molecule has 1 aliphatic heterocycles. The minimum absolute atomic E-state index is 0.193. The summed E-state index contributed by atoms with van der Waals surface area (Å²) in [6.45, 7) is 3.96. The number of pyridine rings is 2. The maximum absolute atomic E-state index is 12.7. The summed E-state index contributed by atoms with van der Waals surface area (Å²) in [5.41, 5.74) is 1.55. The van der Waals surface area contributed by atoms with E-state index in [4.69, 9.17) is 9.72 Å². The lowest BCUT2D eigenvalue weighted by Gasteiger charge is -2.15. The maximum Gasteiger partial charge on any atom is 0.259 e. The van der Waals surface area contributed by atoms with Gasteiger partial charge in [0.05, 0.1) is 11.1 Å². The quantitative estimate of drug-likeness (QED) is 0.222. The zero-order valence-electron chi connectivity index (χ0n) is 20.2. The topological polar surface area (TPSA) is 94.3 Å². The molecule has 2 aromatic carbocycles. The number of anilines is 4. The Kier molecular flexibility index (Phi) is 7.70. The van der Waals surface area contributed by atoms with Crippen LogP contribution in [-0.4, -0.2) is 48.2 Å². The molecule has 8 nitrogen and oxygen atoms in total. The predicted octanol–water partition coefficient (Wildman–Crippen LogP) is 5.11. The second-order valence-electron chi connectivity index (χ2n) is 8.60. The number of ether oxygens (including phenoxy) is 1. The summed E-state index contributed by atoms with van der Waals surface area (Å²) >= 11 is 1.52. The summed E-state index contributed by atoms with van der Waals surface area (Å²) < 4.78 is 9.03. The zero-order chi connectivity index (χ0) is 24.7. The van der Waals surface area contributed by atoms with Gasteiger partial charge in [0.25, 0.3) is 5.56 Å². The number of nitrogens with one attached hydrogen (secondary N) is 4. The van der Waals surface area contributed by atoms with E-state index >= 15 is 0 Å². The highest BCUT2D eigenvalue weighted by atomic mass is 32.2. The van der Waals surface area contributed by atoms with E-state index in [-0.39, 0.29) is 5.56 Å². The van der Waals surface area contributed by atoms with Crippen LogP contribution < -0.4 is 25.7 Å². The Labute approximate surface area is 214 Å². The number of H-pyrrole nitrogens is 1. The van der Waals surface area contributed by atoms with Gasteiger partial charge in [0.15, 0.2) is 0 Å². The van der Waals surface area contributed by atoms with E-state index in [1.807, 2.05) is 67.7 Å². The molecule has 0 unspecified atom stereocenters. The lowest BCUT2D eigenvalue weighted by Crippen LogP contribution is -2.25. The summed E-state index contributed by atoms with van der Waals surface area (Å²) in [6, 6.07) is 19.5. The van der Waals surface area contributed by atoms with Crippen molar-refractivity contribution < 1.29 is 4.74 Å². The number of hydrogen-bond donors (Lipinski definition) is 4. The Morgan fingerprint density at radius 3 is 2.67 bits per heavy atom. The average molecular weight is 503 g/mol. The molecule has 0 amide bonds. The standard InChI is InChI=1S/C27H30N6O2S/c1-28-36-23-7-3-2-6-22(23)31-24-18-19-12-13-29-27(34)25(19)26(32-24)30-20-8-10-21(11-9-20)35-17-16-33-14-4-5-15-33/h2-3,6-13,18,28H,4-5,14-17H2,1H3,(H,29,34)(H2,30,31,32). The summed E-state index contributed by atoms with van der Waals surface area (Å²) in [7, 11) is 1.88. The van der Waals surface area contributed by atoms with Gasteiger partial charge in [0.2, 0.25) is 0 Å². The SMILES string of the molecule is CNSc1ccccc1Nc1cc2cc[nH]c(=O)c2c(Nc2ccc(OCCN3CCCC3)cc2)n1. The zero-order valence-corrected chi connectivity index (χ0v) is 21.0. The Morgan fingerprint density at radius 2 is 1.86 bits per heavy atom. The number of rotatable bonds is 10. The fourth-order valence-corrected chi connectivity index (χ4v) is 4.94.